The zero-order valence-corrected chi connectivity index (χ0v) is 21.5. The van der Waals surface area contributed by atoms with Gasteiger partial charge in [-0.05, 0) is 76.1 Å². The third-order valence-corrected chi connectivity index (χ3v) is 6.02. The maximum Gasteiger partial charge on any atom is 0.349 e. The maximum atomic E-state index is 13.0. The van der Waals surface area contributed by atoms with Crippen LogP contribution in [0.5, 0.6) is 5.75 Å². The Labute approximate surface area is 208 Å². The molecular weight excluding hydrogens is 440 g/mol. The van der Waals surface area contributed by atoms with Gasteiger partial charge in [0.15, 0.2) is 5.60 Å². The molecule has 1 heterocycles. The molecule has 6 heteroatoms. The zero-order valence-electron chi connectivity index (χ0n) is 21.5. The maximum absolute atomic E-state index is 13.0. The van der Waals surface area contributed by atoms with Crippen molar-refractivity contribution in [3.8, 4) is 5.75 Å². The van der Waals surface area contributed by atoms with Gasteiger partial charge >= 0.3 is 11.7 Å². The number of hydrogen-bond donors (Lipinski definition) is 0. The lowest BCUT2D eigenvalue weighted by atomic mass is 10.1. The summed E-state index contributed by atoms with van der Waals surface area (Å²) in [5.74, 6) is 0.261. The van der Waals surface area contributed by atoms with E-state index in [2.05, 4.69) is 19.1 Å². The van der Waals surface area contributed by atoms with Crippen molar-refractivity contribution in [3.05, 3.63) is 88.1 Å². The van der Waals surface area contributed by atoms with Gasteiger partial charge in [-0.1, -0.05) is 49.4 Å². The molecule has 3 aromatic rings. The summed E-state index contributed by atoms with van der Waals surface area (Å²) < 4.78 is 14.7. The molecule has 0 bridgehead atoms. The first-order valence-corrected chi connectivity index (χ1v) is 12.6. The smallest absolute Gasteiger partial charge is 0.349 e. The van der Waals surface area contributed by atoms with Crippen LogP contribution in [0.4, 0.5) is 0 Å². The van der Waals surface area contributed by atoms with E-state index in [1.54, 1.807) is 20.8 Å². The van der Waals surface area contributed by atoms with Crippen molar-refractivity contribution >= 4 is 5.97 Å². The van der Waals surface area contributed by atoms with Crippen LogP contribution in [0.15, 0.2) is 65.6 Å². The van der Waals surface area contributed by atoms with Crippen molar-refractivity contribution in [1.29, 1.82) is 0 Å². The molecule has 1 aromatic heterocycles. The number of ether oxygens (including phenoxy) is 2. The van der Waals surface area contributed by atoms with Crippen molar-refractivity contribution in [2.45, 2.75) is 78.5 Å². The van der Waals surface area contributed by atoms with E-state index < -0.39 is 5.60 Å². The second kappa shape index (κ2) is 12.4. The number of benzene rings is 2. The Morgan fingerprint density at radius 3 is 2.23 bits per heavy atom. The summed E-state index contributed by atoms with van der Waals surface area (Å²) in [6.45, 7) is 9.06. The normalized spacial score (nSPS) is 11.4. The van der Waals surface area contributed by atoms with E-state index in [0.29, 0.717) is 18.9 Å². The van der Waals surface area contributed by atoms with Gasteiger partial charge in [0.1, 0.15) is 5.75 Å². The summed E-state index contributed by atoms with van der Waals surface area (Å²) in [6, 6.07) is 18.1. The SMILES string of the molecule is CCCn1c(CCCc2ccc(OC(C)(C)C(=O)OCC)cc2)cn(CCc2ccccc2)c1=O. The predicted molar refractivity (Wildman–Crippen MR) is 139 cm³/mol. The molecule has 0 N–H and O–H groups in total. The van der Waals surface area contributed by atoms with Gasteiger partial charge in [0, 0.05) is 25.0 Å². The summed E-state index contributed by atoms with van der Waals surface area (Å²) in [5, 5.41) is 0. The predicted octanol–water partition coefficient (Wildman–Crippen LogP) is 5.20. The first-order chi connectivity index (χ1) is 16.8. The number of carbonyl (C=O) groups is 1. The molecule has 0 amide bonds. The monoisotopic (exact) mass is 478 g/mol. The lowest BCUT2D eigenvalue weighted by Crippen LogP contribution is -2.39. The number of esters is 1. The summed E-state index contributed by atoms with van der Waals surface area (Å²) >= 11 is 0. The Hall–Kier alpha value is -3.28. The molecule has 3 rings (SSSR count). The molecule has 0 aliphatic carbocycles. The molecule has 0 atom stereocenters. The van der Waals surface area contributed by atoms with Gasteiger partial charge in [0.25, 0.3) is 0 Å². The summed E-state index contributed by atoms with van der Waals surface area (Å²) in [4.78, 5) is 25.0. The molecule has 0 aliphatic heterocycles. The second-order valence-corrected chi connectivity index (χ2v) is 9.31. The van der Waals surface area contributed by atoms with Gasteiger partial charge in [0.05, 0.1) is 6.61 Å². The van der Waals surface area contributed by atoms with E-state index in [4.69, 9.17) is 9.47 Å². The molecule has 0 fully saturated rings. The number of nitrogens with zero attached hydrogens (tertiary/aromatic N) is 2. The first kappa shape index (κ1) is 26.3. The van der Waals surface area contributed by atoms with Crippen LogP contribution in [0.2, 0.25) is 0 Å². The third-order valence-electron chi connectivity index (χ3n) is 6.02. The number of carbonyl (C=O) groups excluding carboxylic acids is 1. The van der Waals surface area contributed by atoms with E-state index in [-0.39, 0.29) is 11.7 Å². The van der Waals surface area contributed by atoms with Gasteiger partial charge in [-0.2, -0.15) is 0 Å². The van der Waals surface area contributed by atoms with Gasteiger partial charge < -0.3 is 9.47 Å². The van der Waals surface area contributed by atoms with E-state index in [9.17, 15) is 9.59 Å². The minimum atomic E-state index is -1.03. The van der Waals surface area contributed by atoms with Crippen LogP contribution in [-0.2, 0) is 41.9 Å². The molecule has 188 valence electrons. The van der Waals surface area contributed by atoms with Gasteiger partial charge in [-0.3, -0.25) is 9.13 Å². The van der Waals surface area contributed by atoms with E-state index in [1.165, 1.54) is 11.1 Å². The van der Waals surface area contributed by atoms with E-state index >= 15 is 0 Å². The molecule has 0 saturated carbocycles. The molecule has 0 unspecified atom stereocenters. The molecule has 0 saturated heterocycles. The number of imidazole rings is 1. The largest absolute Gasteiger partial charge is 0.476 e. The molecule has 6 nitrogen and oxygen atoms in total. The zero-order chi connectivity index (χ0) is 25.3. The first-order valence-electron chi connectivity index (χ1n) is 12.6. The Kier molecular flexibility index (Phi) is 9.35. The van der Waals surface area contributed by atoms with Crippen LogP contribution in [0.3, 0.4) is 0 Å². The number of hydrogen-bond acceptors (Lipinski definition) is 4. The quantitative estimate of drug-likeness (QED) is 0.317. The lowest BCUT2D eigenvalue weighted by Gasteiger charge is -2.24. The Morgan fingerprint density at radius 2 is 1.57 bits per heavy atom. The Morgan fingerprint density at radius 1 is 0.886 bits per heavy atom. The van der Waals surface area contributed by atoms with Crippen LogP contribution in [0.25, 0.3) is 0 Å². The fraction of sp³-hybridized carbons (Fsp3) is 0.448. The van der Waals surface area contributed by atoms with E-state index in [1.807, 2.05) is 57.8 Å². The second-order valence-electron chi connectivity index (χ2n) is 9.31. The van der Waals surface area contributed by atoms with Gasteiger partial charge in [-0.15, -0.1) is 0 Å². The summed E-state index contributed by atoms with van der Waals surface area (Å²) in [7, 11) is 0. The van der Waals surface area contributed by atoms with Crippen LogP contribution in [0, 0.1) is 0 Å². The fourth-order valence-electron chi connectivity index (χ4n) is 4.14. The van der Waals surface area contributed by atoms with Crippen molar-refractivity contribution in [2.24, 2.45) is 0 Å². The fourth-order valence-corrected chi connectivity index (χ4v) is 4.14. The van der Waals surface area contributed by atoms with Crippen molar-refractivity contribution in [1.82, 2.24) is 9.13 Å². The molecule has 0 radical (unpaired) electrons. The van der Waals surface area contributed by atoms with Crippen LogP contribution >= 0.6 is 0 Å². The van der Waals surface area contributed by atoms with Crippen LogP contribution in [-0.4, -0.2) is 27.3 Å². The number of aryl methyl sites for hydroxylation is 4. The summed E-state index contributed by atoms with van der Waals surface area (Å²) in [6.07, 6.45) is 6.51. The number of aromatic nitrogens is 2. The van der Waals surface area contributed by atoms with Crippen LogP contribution in [0.1, 0.15) is 57.4 Å². The third kappa shape index (κ3) is 7.35. The minimum Gasteiger partial charge on any atom is -0.476 e. The van der Waals surface area contributed by atoms with E-state index in [0.717, 1.165) is 44.3 Å². The summed E-state index contributed by atoms with van der Waals surface area (Å²) in [5.41, 5.74) is 2.58. The molecule has 0 spiro atoms. The van der Waals surface area contributed by atoms with Gasteiger partial charge in [-0.25, -0.2) is 9.59 Å². The standard InChI is InChI=1S/C29H38N2O4/c1-5-20-31-25(22-30(28(31)33)21-19-23-11-8-7-9-12-23)14-10-13-24-15-17-26(18-16-24)35-29(3,4)27(32)34-6-2/h7-9,11-12,15-18,22H,5-6,10,13-14,19-21H2,1-4H3. The molecule has 2 aromatic carbocycles. The molecule has 35 heavy (non-hydrogen) atoms. The average Bonchev–Trinajstić information content (AvgIpc) is 3.14. The van der Waals surface area contributed by atoms with Gasteiger partial charge in [0.2, 0.25) is 0 Å². The molecule has 0 aliphatic rings. The highest BCUT2D eigenvalue weighted by Crippen LogP contribution is 2.21. The Balaban J connectivity index is 1.58. The van der Waals surface area contributed by atoms with Crippen molar-refractivity contribution in [3.63, 3.8) is 0 Å². The minimum absolute atomic E-state index is 0.0866. The highest BCUT2D eigenvalue weighted by Gasteiger charge is 2.31. The number of rotatable bonds is 13. The lowest BCUT2D eigenvalue weighted by molar-refractivity contribution is -0.158. The topological polar surface area (TPSA) is 62.5 Å². The van der Waals surface area contributed by atoms with Crippen LogP contribution < -0.4 is 10.4 Å². The highest BCUT2D eigenvalue weighted by atomic mass is 16.6. The average molecular weight is 479 g/mol. The Bertz CT molecular complexity index is 1130. The van der Waals surface area contributed by atoms with Crippen molar-refractivity contribution in [2.75, 3.05) is 6.61 Å². The highest BCUT2D eigenvalue weighted by molar-refractivity contribution is 5.79. The van der Waals surface area contributed by atoms with Crippen molar-refractivity contribution < 1.29 is 14.3 Å². The molecular formula is C29H38N2O4.